The van der Waals surface area contributed by atoms with Crippen LogP contribution in [0.3, 0.4) is 0 Å². The number of halogens is 1. The number of hydrogen-bond acceptors (Lipinski definition) is 5. The molecule has 1 N–H and O–H groups in total. The van der Waals surface area contributed by atoms with Crippen molar-refractivity contribution in [3.05, 3.63) is 23.5 Å². The van der Waals surface area contributed by atoms with Gasteiger partial charge in [0, 0.05) is 12.6 Å². The van der Waals surface area contributed by atoms with Crippen LogP contribution in [0.15, 0.2) is 12.1 Å². The lowest BCUT2D eigenvalue weighted by Gasteiger charge is -2.33. The van der Waals surface area contributed by atoms with E-state index in [-0.39, 0.29) is 36.8 Å². The van der Waals surface area contributed by atoms with Crippen LogP contribution < -0.4 is 9.47 Å². The third-order valence-electron chi connectivity index (χ3n) is 3.38. The van der Waals surface area contributed by atoms with E-state index in [0.29, 0.717) is 0 Å². The molecule has 0 spiro atoms. The Balaban J connectivity index is 2.37. The second-order valence-corrected chi connectivity index (χ2v) is 4.61. The van der Waals surface area contributed by atoms with Gasteiger partial charge in [-0.15, -0.1) is 0 Å². The van der Waals surface area contributed by atoms with E-state index in [1.54, 1.807) is 0 Å². The molecule has 0 aromatic heterocycles. The highest BCUT2D eigenvalue weighted by atomic mass is 19.1. The van der Waals surface area contributed by atoms with Crippen LogP contribution in [0.2, 0.25) is 0 Å². The van der Waals surface area contributed by atoms with Gasteiger partial charge in [0.15, 0.2) is 17.5 Å². The standard InChI is InChI=1S/C14H16FNO6/c1-20-11-5-8(9(15)6-12(11)21-2)13(17)16-3-4-22-7-10(16)14(18)19/h5-6,10H,3-4,7H2,1-2H3,(H,18,19). The minimum atomic E-state index is -1.20. The predicted octanol–water partition coefficient (Wildman–Crippen LogP) is 0.768. The van der Waals surface area contributed by atoms with Crippen LogP contribution in [0, 0.1) is 5.82 Å². The summed E-state index contributed by atoms with van der Waals surface area (Å²) in [4.78, 5) is 24.8. The van der Waals surface area contributed by atoms with Gasteiger partial charge in [-0.1, -0.05) is 0 Å². The summed E-state index contributed by atoms with van der Waals surface area (Å²) in [6.45, 7) is 0.143. The van der Waals surface area contributed by atoms with Gasteiger partial charge in [0.25, 0.3) is 5.91 Å². The Hall–Kier alpha value is -2.35. The number of carboxylic acids is 1. The number of carbonyl (C=O) groups is 2. The van der Waals surface area contributed by atoms with Crippen LogP contribution in [0.4, 0.5) is 4.39 Å². The highest BCUT2D eigenvalue weighted by Crippen LogP contribution is 2.30. The topological polar surface area (TPSA) is 85.3 Å². The average Bonchev–Trinajstić information content (AvgIpc) is 2.53. The molecule has 1 atom stereocenters. The normalized spacial score (nSPS) is 18.0. The van der Waals surface area contributed by atoms with E-state index >= 15 is 0 Å². The summed E-state index contributed by atoms with van der Waals surface area (Å²) in [6, 6.07) is 1.08. The van der Waals surface area contributed by atoms with Gasteiger partial charge in [-0.2, -0.15) is 0 Å². The lowest BCUT2D eigenvalue weighted by molar-refractivity contribution is -0.147. The Morgan fingerprint density at radius 2 is 1.95 bits per heavy atom. The van der Waals surface area contributed by atoms with Crippen molar-refractivity contribution in [1.82, 2.24) is 4.90 Å². The van der Waals surface area contributed by atoms with E-state index in [0.717, 1.165) is 11.0 Å². The van der Waals surface area contributed by atoms with Crippen molar-refractivity contribution in [2.24, 2.45) is 0 Å². The Morgan fingerprint density at radius 3 is 2.55 bits per heavy atom. The molecule has 1 aromatic rings. The lowest BCUT2D eigenvalue weighted by atomic mass is 10.1. The number of nitrogens with zero attached hydrogens (tertiary/aromatic N) is 1. The maximum Gasteiger partial charge on any atom is 0.328 e. The van der Waals surface area contributed by atoms with E-state index in [1.165, 1.54) is 20.3 Å². The van der Waals surface area contributed by atoms with Crippen LogP contribution in [-0.2, 0) is 9.53 Å². The molecule has 22 heavy (non-hydrogen) atoms. The quantitative estimate of drug-likeness (QED) is 0.884. The van der Waals surface area contributed by atoms with Crippen molar-refractivity contribution in [3.8, 4) is 11.5 Å². The monoisotopic (exact) mass is 313 g/mol. The zero-order valence-electron chi connectivity index (χ0n) is 12.2. The number of carbonyl (C=O) groups excluding carboxylic acids is 1. The molecule has 1 unspecified atom stereocenters. The third-order valence-corrected chi connectivity index (χ3v) is 3.38. The minimum Gasteiger partial charge on any atom is -0.493 e. The maximum absolute atomic E-state index is 14.1. The second kappa shape index (κ2) is 6.61. The first-order valence-electron chi connectivity index (χ1n) is 6.52. The summed E-state index contributed by atoms with van der Waals surface area (Å²) in [5.41, 5.74) is -0.272. The molecule has 2 rings (SSSR count). The van der Waals surface area contributed by atoms with Crippen LogP contribution in [-0.4, -0.2) is 61.9 Å². The number of amides is 1. The Bertz CT molecular complexity index is 591. The first-order valence-corrected chi connectivity index (χ1v) is 6.52. The second-order valence-electron chi connectivity index (χ2n) is 4.61. The van der Waals surface area contributed by atoms with Crippen molar-refractivity contribution >= 4 is 11.9 Å². The highest BCUT2D eigenvalue weighted by Gasteiger charge is 2.34. The number of morpholine rings is 1. The number of ether oxygens (including phenoxy) is 3. The van der Waals surface area contributed by atoms with Gasteiger partial charge in [0.2, 0.25) is 0 Å². The van der Waals surface area contributed by atoms with Crippen molar-refractivity contribution in [2.45, 2.75) is 6.04 Å². The Labute approximate surface area is 126 Å². The molecule has 1 heterocycles. The van der Waals surface area contributed by atoms with E-state index < -0.39 is 23.7 Å². The van der Waals surface area contributed by atoms with Crippen LogP contribution in [0.5, 0.6) is 11.5 Å². The average molecular weight is 313 g/mol. The zero-order chi connectivity index (χ0) is 16.3. The van der Waals surface area contributed by atoms with Crippen LogP contribution in [0.25, 0.3) is 0 Å². The van der Waals surface area contributed by atoms with Crippen LogP contribution >= 0.6 is 0 Å². The minimum absolute atomic E-state index is 0.0730. The highest BCUT2D eigenvalue weighted by molar-refractivity contribution is 5.97. The first-order chi connectivity index (χ1) is 10.5. The van der Waals surface area contributed by atoms with E-state index in [1.807, 2.05) is 0 Å². The van der Waals surface area contributed by atoms with Crippen LogP contribution in [0.1, 0.15) is 10.4 Å². The molecule has 1 aromatic carbocycles. The van der Waals surface area contributed by atoms with Crippen molar-refractivity contribution in [1.29, 1.82) is 0 Å². The molecule has 8 heteroatoms. The maximum atomic E-state index is 14.1. The molecule has 1 aliphatic rings. The lowest BCUT2D eigenvalue weighted by Crippen LogP contribution is -2.52. The van der Waals surface area contributed by atoms with Gasteiger partial charge in [-0.25, -0.2) is 9.18 Å². The number of rotatable bonds is 4. The van der Waals surface area contributed by atoms with Gasteiger partial charge >= 0.3 is 5.97 Å². The number of benzene rings is 1. The van der Waals surface area contributed by atoms with Gasteiger partial charge in [0.1, 0.15) is 5.82 Å². The van der Waals surface area contributed by atoms with E-state index in [4.69, 9.17) is 19.3 Å². The van der Waals surface area contributed by atoms with Gasteiger partial charge in [-0.3, -0.25) is 4.79 Å². The van der Waals surface area contributed by atoms with Gasteiger partial charge < -0.3 is 24.2 Å². The SMILES string of the molecule is COc1cc(F)c(C(=O)N2CCOCC2C(=O)O)cc1OC. The summed E-state index contributed by atoms with van der Waals surface area (Å²) in [5, 5.41) is 9.14. The third kappa shape index (κ3) is 2.96. The number of carboxylic acid groups (broad SMARTS) is 1. The zero-order valence-corrected chi connectivity index (χ0v) is 12.2. The number of hydrogen-bond donors (Lipinski definition) is 1. The molecule has 7 nitrogen and oxygen atoms in total. The largest absolute Gasteiger partial charge is 0.493 e. The van der Waals surface area contributed by atoms with Crippen molar-refractivity contribution in [2.75, 3.05) is 34.0 Å². The molecule has 0 saturated carbocycles. The van der Waals surface area contributed by atoms with Crippen molar-refractivity contribution < 1.29 is 33.3 Å². The summed E-state index contributed by atoms with van der Waals surface area (Å²) in [7, 11) is 2.71. The molecule has 1 fully saturated rings. The fraction of sp³-hybridized carbons (Fsp3) is 0.429. The summed E-state index contributed by atoms with van der Waals surface area (Å²) in [6.07, 6.45) is 0. The summed E-state index contributed by atoms with van der Waals surface area (Å²) >= 11 is 0. The van der Waals surface area contributed by atoms with Gasteiger partial charge in [0.05, 0.1) is 33.0 Å². The Kier molecular flexibility index (Phi) is 4.81. The molecule has 0 aliphatic carbocycles. The molecular weight excluding hydrogens is 297 g/mol. The molecule has 120 valence electrons. The fourth-order valence-corrected chi connectivity index (χ4v) is 2.22. The van der Waals surface area contributed by atoms with E-state index in [2.05, 4.69) is 0 Å². The fourth-order valence-electron chi connectivity index (χ4n) is 2.22. The number of methoxy groups -OCH3 is 2. The molecule has 1 aliphatic heterocycles. The summed E-state index contributed by atoms with van der Waals surface area (Å²) in [5.74, 6) is -2.40. The molecule has 0 radical (unpaired) electrons. The molecule has 1 amide bonds. The smallest absolute Gasteiger partial charge is 0.328 e. The predicted molar refractivity (Wildman–Crippen MR) is 72.8 cm³/mol. The molecule has 1 saturated heterocycles. The van der Waals surface area contributed by atoms with Gasteiger partial charge in [-0.05, 0) is 6.07 Å². The Morgan fingerprint density at radius 1 is 1.32 bits per heavy atom. The molecule has 0 bridgehead atoms. The van der Waals surface area contributed by atoms with E-state index in [9.17, 15) is 14.0 Å². The number of aliphatic carboxylic acids is 1. The molecular formula is C14H16FNO6. The van der Waals surface area contributed by atoms with Crippen molar-refractivity contribution in [3.63, 3.8) is 0 Å². The first kappa shape index (κ1) is 16.0. The summed E-state index contributed by atoms with van der Waals surface area (Å²) < 4.78 is 29.2.